The third kappa shape index (κ3) is 2.46. The van der Waals surface area contributed by atoms with Crippen LogP contribution in [0.2, 0.25) is 0 Å². The van der Waals surface area contributed by atoms with Gasteiger partial charge in [0, 0.05) is 13.1 Å². The molecule has 18 heavy (non-hydrogen) atoms. The lowest BCUT2D eigenvalue weighted by atomic mass is 9.87. The van der Waals surface area contributed by atoms with Crippen LogP contribution < -0.4 is 5.32 Å². The van der Waals surface area contributed by atoms with Crippen LogP contribution in [0.5, 0.6) is 0 Å². The zero-order chi connectivity index (χ0) is 12.5. The van der Waals surface area contributed by atoms with Crippen molar-refractivity contribution in [3.63, 3.8) is 0 Å². The normalized spacial score (nSPS) is 40.2. The molecule has 0 aromatic rings. The van der Waals surface area contributed by atoms with Gasteiger partial charge in [0.1, 0.15) is 0 Å². The van der Waals surface area contributed by atoms with Crippen molar-refractivity contribution < 1.29 is 4.74 Å². The molecule has 0 aromatic carbocycles. The Morgan fingerprint density at radius 3 is 2.33 bits per heavy atom. The van der Waals surface area contributed by atoms with Crippen LogP contribution in [0.25, 0.3) is 0 Å². The number of morpholine rings is 1. The molecule has 2 atom stereocenters. The van der Waals surface area contributed by atoms with Crippen LogP contribution in [0.3, 0.4) is 0 Å². The number of rotatable bonds is 1. The SMILES string of the molecule is CCC1CCCC2(CC1)CNCC1(CCCC1)O2. The Morgan fingerprint density at radius 1 is 0.944 bits per heavy atom. The highest BCUT2D eigenvalue weighted by Gasteiger charge is 2.47. The molecule has 2 nitrogen and oxygen atoms in total. The van der Waals surface area contributed by atoms with Crippen LogP contribution in [0.4, 0.5) is 0 Å². The van der Waals surface area contributed by atoms with E-state index in [0.29, 0.717) is 0 Å². The Balaban J connectivity index is 1.69. The van der Waals surface area contributed by atoms with Gasteiger partial charge in [-0.1, -0.05) is 39.0 Å². The summed E-state index contributed by atoms with van der Waals surface area (Å²) in [7, 11) is 0. The van der Waals surface area contributed by atoms with E-state index in [9.17, 15) is 0 Å². The molecule has 1 saturated heterocycles. The highest BCUT2D eigenvalue weighted by Crippen LogP contribution is 2.43. The lowest BCUT2D eigenvalue weighted by Gasteiger charge is -2.47. The first-order chi connectivity index (χ1) is 8.76. The summed E-state index contributed by atoms with van der Waals surface area (Å²) in [4.78, 5) is 0. The smallest absolute Gasteiger partial charge is 0.0814 e. The predicted molar refractivity (Wildman–Crippen MR) is 74.8 cm³/mol. The van der Waals surface area contributed by atoms with Crippen LogP contribution >= 0.6 is 0 Å². The third-order valence-electron chi connectivity index (χ3n) is 5.67. The monoisotopic (exact) mass is 251 g/mol. The fourth-order valence-electron chi connectivity index (χ4n) is 4.48. The van der Waals surface area contributed by atoms with Gasteiger partial charge < -0.3 is 10.1 Å². The lowest BCUT2D eigenvalue weighted by molar-refractivity contribution is -0.181. The molecule has 1 N–H and O–H groups in total. The summed E-state index contributed by atoms with van der Waals surface area (Å²) in [6, 6.07) is 0. The van der Waals surface area contributed by atoms with Gasteiger partial charge in [-0.15, -0.1) is 0 Å². The summed E-state index contributed by atoms with van der Waals surface area (Å²) < 4.78 is 6.77. The van der Waals surface area contributed by atoms with Crippen LogP contribution in [0, 0.1) is 5.92 Å². The predicted octanol–water partition coefficient (Wildman–Crippen LogP) is 3.65. The van der Waals surface area contributed by atoms with Crippen LogP contribution in [0.15, 0.2) is 0 Å². The minimum absolute atomic E-state index is 0.187. The Labute approximate surface area is 112 Å². The van der Waals surface area contributed by atoms with Crippen molar-refractivity contribution in [1.82, 2.24) is 5.32 Å². The fraction of sp³-hybridized carbons (Fsp3) is 1.00. The molecule has 1 aliphatic heterocycles. The van der Waals surface area contributed by atoms with Crippen molar-refractivity contribution in [3.05, 3.63) is 0 Å². The summed E-state index contributed by atoms with van der Waals surface area (Å²) in [5.74, 6) is 0.953. The standard InChI is InChI=1S/C16H29NO/c1-2-14-6-5-10-16(11-7-14)13-17-12-15(18-16)8-3-4-9-15/h14,17H,2-13H2,1H3. The second-order valence-electron chi connectivity index (χ2n) is 6.98. The Hall–Kier alpha value is -0.0800. The van der Waals surface area contributed by atoms with Gasteiger partial charge in [0.2, 0.25) is 0 Å². The van der Waals surface area contributed by atoms with Crippen molar-refractivity contribution in [3.8, 4) is 0 Å². The molecule has 2 aliphatic carbocycles. The highest BCUT2D eigenvalue weighted by atomic mass is 16.5. The molecule has 2 heteroatoms. The van der Waals surface area contributed by atoms with Gasteiger partial charge in [-0.3, -0.25) is 0 Å². The van der Waals surface area contributed by atoms with Crippen molar-refractivity contribution in [1.29, 1.82) is 0 Å². The highest BCUT2D eigenvalue weighted by molar-refractivity contribution is 5.00. The average Bonchev–Trinajstić information content (AvgIpc) is 2.72. The topological polar surface area (TPSA) is 21.3 Å². The molecule has 0 aromatic heterocycles. The summed E-state index contributed by atoms with van der Waals surface area (Å²) in [5, 5.41) is 3.71. The van der Waals surface area contributed by atoms with Gasteiger partial charge in [0.25, 0.3) is 0 Å². The zero-order valence-corrected chi connectivity index (χ0v) is 12.0. The first-order valence-corrected chi connectivity index (χ1v) is 8.17. The van der Waals surface area contributed by atoms with Gasteiger partial charge in [-0.2, -0.15) is 0 Å². The minimum atomic E-state index is 0.187. The van der Waals surface area contributed by atoms with Gasteiger partial charge in [-0.25, -0.2) is 0 Å². The number of nitrogens with one attached hydrogen (secondary N) is 1. The van der Waals surface area contributed by atoms with E-state index < -0.39 is 0 Å². The molecule has 2 unspecified atom stereocenters. The number of hydrogen-bond acceptors (Lipinski definition) is 2. The van der Waals surface area contributed by atoms with E-state index in [4.69, 9.17) is 4.74 Å². The van der Waals surface area contributed by atoms with E-state index >= 15 is 0 Å². The molecular weight excluding hydrogens is 222 g/mol. The molecule has 0 radical (unpaired) electrons. The molecule has 2 saturated carbocycles. The van der Waals surface area contributed by atoms with Crippen LogP contribution in [0.1, 0.15) is 71.1 Å². The summed E-state index contributed by atoms with van der Waals surface area (Å²) in [6.45, 7) is 4.55. The summed E-state index contributed by atoms with van der Waals surface area (Å²) >= 11 is 0. The minimum Gasteiger partial charge on any atom is -0.366 e. The Morgan fingerprint density at radius 2 is 1.61 bits per heavy atom. The van der Waals surface area contributed by atoms with Gasteiger partial charge in [0.15, 0.2) is 0 Å². The molecule has 104 valence electrons. The Kier molecular flexibility index (Phi) is 3.68. The maximum absolute atomic E-state index is 6.77. The second kappa shape index (κ2) is 5.13. The molecule has 0 bridgehead atoms. The van der Waals surface area contributed by atoms with E-state index in [1.165, 1.54) is 64.2 Å². The fourth-order valence-corrected chi connectivity index (χ4v) is 4.48. The van der Waals surface area contributed by atoms with Crippen LogP contribution in [-0.2, 0) is 4.74 Å². The molecule has 1 heterocycles. The van der Waals surface area contributed by atoms with Crippen molar-refractivity contribution in [2.24, 2.45) is 5.92 Å². The van der Waals surface area contributed by atoms with Gasteiger partial charge >= 0.3 is 0 Å². The first kappa shape index (κ1) is 12.9. The quantitative estimate of drug-likeness (QED) is 0.768. The zero-order valence-electron chi connectivity index (χ0n) is 12.0. The van der Waals surface area contributed by atoms with E-state index in [2.05, 4.69) is 12.2 Å². The van der Waals surface area contributed by atoms with E-state index in [0.717, 1.165) is 19.0 Å². The molecule has 3 fully saturated rings. The number of ether oxygens (including phenoxy) is 1. The Bertz CT molecular complexity index is 285. The molecule has 0 amide bonds. The van der Waals surface area contributed by atoms with E-state index in [1.54, 1.807) is 0 Å². The maximum Gasteiger partial charge on any atom is 0.0814 e. The number of hydrogen-bond donors (Lipinski definition) is 1. The summed E-state index contributed by atoms with van der Waals surface area (Å²) in [5.41, 5.74) is 0.400. The third-order valence-corrected chi connectivity index (χ3v) is 5.67. The van der Waals surface area contributed by atoms with Gasteiger partial charge in [0.05, 0.1) is 11.2 Å². The van der Waals surface area contributed by atoms with E-state index in [1.807, 2.05) is 0 Å². The molecular formula is C16H29NO. The molecule has 3 aliphatic rings. The second-order valence-corrected chi connectivity index (χ2v) is 6.98. The van der Waals surface area contributed by atoms with Crippen LogP contribution in [-0.4, -0.2) is 24.3 Å². The summed E-state index contributed by atoms with van der Waals surface area (Å²) in [6.07, 6.45) is 13.4. The maximum atomic E-state index is 6.77. The van der Waals surface area contributed by atoms with Crippen molar-refractivity contribution >= 4 is 0 Å². The first-order valence-electron chi connectivity index (χ1n) is 8.17. The average molecular weight is 251 g/mol. The largest absolute Gasteiger partial charge is 0.366 e. The molecule has 3 rings (SSSR count). The van der Waals surface area contributed by atoms with Crippen molar-refractivity contribution in [2.45, 2.75) is 82.3 Å². The lowest BCUT2D eigenvalue weighted by Crippen LogP contribution is -2.59. The van der Waals surface area contributed by atoms with E-state index in [-0.39, 0.29) is 11.2 Å². The molecule has 2 spiro atoms. The van der Waals surface area contributed by atoms with Gasteiger partial charge in [-0.05, 0) is 38.0 Å². The van der Waals surface area contributed by atoms with Crippen molar-refractivity contribution in [2.75, 3.05) is 13.1 Å².